The van der Waals surface area contributed by atoms with Gasteiger partial charge in [0.25, 0.3) is 0 Å². The highest BCUT2D eigenvalue weighted by molar-refractivity contribution is 6.33. The first kappa shape index (κ1) is 41.7. The molecule has 0 atom stereocenters. The van der Waals surface area contributed by atoms with Crippen molar-refractivity contribution in [3.05, 3.63) is 136 Å². The molecule has 16 heteroatoms. The molecule has 10 rings (SSSR count). The molecule has 0 bridgehead atoms. The van der Waals surface area contributed by atoms with E-state index in [1.165, 1.54) is 28.6 Å². The van der Waals surface area contributed by atoms with E-state index in [4.69, 9.17) is 36.3 Å². The first-order chi connectivity index (χ1) is 28.7. The van der Waals surface area contributed by atoms with Crippen LogP contribution in [0, 0.1) is 27.7 Å². The minimum absolute atomic E-state index is 0. The van der Waals surface area contributed by atoms with Gasteiger partial charge in [-0.1, -0.05) is 35.9 Å². The zero-order valence-corrected chi connectivity index (χ0v) is 35.1. The number of rotatable bonds is 6. The third-order valence-electron chi connectivity index (χ3n) is 9.49. The van der Waals surface area contributed by atoms with Crippen molar-refractivity contribution in [2.24, 2.45) is 5.73 Å². The van der Waals surface area contributed by atoms with E-state index in [0.29, 0.717) is 44.7 Å². The second-order valence-electron chi connectivity index (χ2n) is 14.2. The van der Waals surface area contributed by atoms with Crippen molar-refractivity contribution < 1.29 is 18.9 Å². The number of halogens is 2. The lowest BCUT2D eigenvalue weighted by Gasteiger charge is -2.19. The lowest BCUT2D eigenvalue weighted by atomic mass is 10.1. The van der Waals surface area contributed by atoms with Crippen LogP contribution >= 0.6 is 24.0 Å². The topological polar surface area (TPSA) is 162 Å². The maximum absolute atomic E-state index is 6.02. The first-order valence-corrected chi connectivity index (χ1v) is 19.5. The number of hydrogen-bond donors (Lipinski definition) is 2. The summed E-state index contributed by atoms with van der Waals surface area (Å²) in [6.45, 7) is 11.9. The quantitative estimate of drug-likeness (QED) is 0.155. The summed E-state index contributed by atoms with van der Waals surface area (Å²) in [7, 11) is 0. The van der Waals surface area contributed by atoms with Crippen molar-refractivity contribution in [3.8, 4) is 34.4 Å². The van der Waals surface area contributed by atoms with Crippen LogP contribution in [0.1, 0.15) is 33.4 Å². The Labute approximate surface area is 358 Å². The van der Waals surface area contributed by atoms with Gasteiger partial charge >= 0.3 is 0 Å². The van der Waals surface area contributed by atoms with Crippen LogP contribution in [0.15, 0.2) is 97.8 Å². The molecule has 14 nitrogen and oxygen atoms in total. The van der Waals surface area contributed by atoms with Gasteiger partial charge in [-0.25, -0.2) is 29.3 Å². The van der Waals surface area contributed by atoms with Gasteiger partial charge in [0.15, 0.2) is 34.3 Å². The molecule has 8 aromatic rings. The molecule has 0 aliphatic carbocycles. The van der Waals surface area contributed by atoms with Crippen LogP contribution in [0.25, 0.3) is 33.4 Å². The second-order valence-corrected chi connectivity index (χ2v) is 14.5. The molecule has 4 aromatic carbocycles. The van der Waals surface area contributed by atoms with Crippen molar-refractivity contribution >= 4 is 51.9 Å². The largest absolute Gasteiger partial charge is 0.486 e. The molecule has 6 heterocycles. The summed E-state index contributed by atoms with van der Waals surface area (Å²) in [6, 6.07) is 24.3. The molecule has 0 fully saturated rings. The summed E-state index contributed by atoms with van der Waals surface area (Å²) in [5.41, 5.74) is 15.9. The van der Waals surface area contributed by atoms with Gasteiger partial charge < -0.3 is 30.0 Å². The Morgan fingerprint density at radius 1 is 0.583 bits per heavy atom. The molecule has 0 spiro atoms. The number of aromatic nitrogens is 8. The van der Waals surface area contributed by atoms with Gasteiger partial charge in [0, 0.05) is 13.1 Å². The van der Waals surface area contributed by atoms with Crippen LogP contribution in [-0.4, -0.2) is 65.9 Å². The maximum atomic E-state index is 6.02. The first-order valence-electron chi connectivity index (χ1n) is 19.1. The van der Waals surface area contributed by atoms with Gasteiger partial charge in [-0.15, -0.1) is 12.4 Å². The SMILES string of the molecule is Cc1cc(C)cc(-n2ncc3c(Cl)ncnc32)c1.Cc1cc(C)cc(-n2ncc3c(NCc4ccc5c(c4)OCCO5)ncnc32)c1.Cl.NCc1ccc2c(c1)OCCO2. The Bertz CT molecular complexity index is 2730. The summed E-state index contributed by atoms with van der Waals surface area (Å²) in [6.07, 6.45) is 6.51. The van der Waals surface area contributed by atoms with E-state index in [1.807, 2.05) is 41.1 Å². The Morgan fingerprint density at radius 2 is 1.05 bits per heavy atom. The number of fused-ring (bicyclic) bond motifs is 4. The zero-order valence-electron chi connectivity index (χ0n) is 33.6. The van der Waals surface area contributed by atoms with E-state index in [1.54, 1.807) is 23.4 Å². The van der Waals surface area contributed by atoms with Crippen molar-refractivity contribution in [2.45, 2.75) is 40.8 Å². The minimum atomic E-state index is 0. The van der Waals surface area contributed by atoms with E-state index in [2.05, 4.69) is 99.5 Å². The van der Waals surface area contributed by atoms with E-state index >= 15 is 0 Å². The molecule has 4 aromatic heterocycles. The van der Waals surface area contributed by atoms with Crippen molar-refractivity contribution in [1.82, 2.24) is 39.5 Å². The molecule has 0 radical (unpaired) electrons. The van der Waals surface area contributed by atoms with Crippen LogP contribution in [0.3, 0.4) is 0 Å². The van der Waals surface area contributed by atoms with Crippen LogP contribution in [0.4, 0.5) is 5.82 Å². The van der Waals surface area contributed by atoms with Gasteiger partial charge in [-0.05, 0) is 110 Å². The number of benzene rings is 4. The smallest absolute Gasteiger partial charge is 0.168 e. The zero-order chi connectivity index (χ0) is 40.9. The van der Waals surface area contributed by atoms with Gasteiger partial charge in [-0.2, -0.15) is 10.2 Å². The Balaban J connectivity index is 0.000000149. The molecule has 2 aliphatic rings. The number of hydrogen-bond acceptors (Lipinski definition) is 12. The summed E-state index contributed by atoms with van der Waals surface area (Å²) in [5, 5.41) is 14.4. The molecule has 2 aliphatic heterocycles. The summed E-state index contributed by atoms with van der Waals surface area (Å²) in [5.74, 6) is 3.95. The van der Waals surface area contributed by atoms with Crippen molar-refractivity contribution in [1.29, 1.82) is 0 Å². The Morgan fingerprint density at radius 3 is 1.60 bits per heavy atom. The van der Waals surface area contributed by atoms with Gasteiger partial charge in [0.2, 0.25) is 0 Å². The van der Waals surface area contributed by atoms with Crippen LogP contribution in [-0.2, 0) is 13.1 Å². The lowest BCUT2D eigenvalue weighted by Crippen LogP contribution is -2.15. The predicted octanol–water partition coefficient (Wildman–Crippen LogP) is 8.24. The van der Waals surface area contributed by atoms with E-state index < -0.39 is 0 Å². The molecule has 3 N–H and O–H groups in total. The van der Waals surface area contributed by atoms with E-state index in [0.717, 1.165) is 73.4 Å². The average Bonchev–Trinajstić information content (AvgIpc) is 3.89. The Hall–Kier alpha value is -6.48. The molecular formula is C44H44Cl2N10O4. The maximum Gasteiger partial charge on any atom is 0.168 e. The highest BCUT2D eigenvalue weighted by atomic mass is 35.5. The standard InChI is InChI=1S/C22H21N5O2.C13H11ClN4.C9H11NO2.ClH/c1-14-7-15(2)9-17(8-14)27-22-18(12-26-27)21(24-13-25-22)23-11-16-3-4-19-20(10-16)29-6-5-28-19;1-8-3-9(2)5-10(4-8)18-13-11(6-17-18)12(14)15-7-16-13;10-6-7-1-2-8-9(5-7)12-4-3-11-8;/h3-4,7-10,12-13H,5-6,11H2,1-2H3,(H,23,24,25);3-7H,1-2H3;1-2,5H,3-4,6,10H2;1H. The predicted molar refractivity (Wildman–Crippen MR) is 235 cm³/mol. The number of nitrogens with two attached hydrogens (primary N) is 1. The van der Waals surface area contributed by atoms with Gasteiger partial charge in [0.1, 0.15) is 50.1 Å². The fourth-order valence-electron chi connectivity index (χ4n) is 6.92. The van der Waals surface area contributed by atoms with Crippen LogP contribution < -0.4 is 30.0 Å². The molecule has 0 saturated carbocycles. The number of anilines is 1. The number of nitrogens with zero attached hydrogens (tertiary/aromatic N) is 8. The normalized spacial score (nSPS) is 12.4. The molecule has 60 heavy (non-hydrogen) atoms. The average molecular weight is 848 g/mol. The fourth-order valence-corrected chi connectivity index (χ4v) is 7.10. The van der Waals surface area contributed by atoms with E-state index in [9.17, 15) is 0 Å². The molecular weight excluding hydrogens is 803 g/mol. The number of ether oxygens (including phenoxy) is 4. The van der Waals surface area contributed by atoms with Gasteiger partial charge in [-0.3, -0.25) is 0 Å². The number of aryl methyl sites for hydroxylation is 4. The van der Waals surface area contributed by atoms with Crippen molar-refractivity contribution in [3.63, 3.8) is 0 Å². The summed E-state index contributed by atoms with van der Waals surface area (Å²) in [4.78, 5) is 17.1. The summed E-state index contributed by atoms with van der Waals surface area (Å²) < 4.78 is 25.6. The van der Waals surface area contributed by atoms with Crippen molar-refractivity contribution in [2.75, 3.05) is 31.7 Å². The Kier molecular flexibility index (Phi) is 12.9. The fraction of sp³-hybridized carbons (Fsp3) is 0.227. The third-order valence-corrected chi connectivity index (χ3v) is 9.80. The number of nitrogens with one attached hydrogen (secondary N) is 1. The van der Waals surface area contributed by atoms with Crippen LogP contribution in [0.5, 0.6) is 23.0 Å². The molecule has 0 saturated heterocycles. The van der Waals surface area contributed by atoms with Crippen LogP contribution in [0.2, 0.25) is 5.15 Å². The molecule has 0 unspecified atom stereocenters. The minimum Gasteiger partial charge on any atom is -0.486 e. The molecule has 308 valence electrons. The summed E-state index contributed by atoms with van der Waals surface area (Å²) >= 11 is 6.02. The highest BCUT2D eigenvalue weighted by Crippen LogP contribution is 2.32. The highest BCUT2D eigenvalue weighted by Gasteiger charge is 2.15. The lowest BCUT2D eigenvalue weighted by molar-refractivity contribution is 0.171. The third kappa shape index (κ3) is 9.36. The monoisotopic (exact) mass is 846 g/mol. The van der Waals surface area contributed by atoms with E-state index in [-0.39, 0.29) is 12.4 Å². The second kappa shape index (κ2) is 18.6. The van der Waals surface area contributed by atoms with Gasteiger partial charge in [0.05, 0.1) is 34.5 Å². The molecule has 0 amide bonds.